The summed E-state index contributed by atoms with van der Waals surface area (Å²) in [5.41, 5.74) is 1.59. The molecule has 0 bridgehead atoms. The van der Waals surface area contributed by atoms with Gasteiger partial charge in [-0.3, -0.25) is 4.79 Å². The normalized spacial score (nSPS) is 11.2. The highest BCUT2D eigenvalue weighted by Crippen LogP contribution is 2.28. The van der Waals surface area contributed by atoms with Gasteiger partial charge in [0, 0.05) is 22.2 Å². The number of anilines is 1. The van der Waals surface area contributed by atoms with Crippen LogP contribution < -0.4 is 19.9 Å². The highest BCUT2D eigenvalue weighted by atomic mass is 32.2. The van der Waals surface area contributed by atoms with Gasteiger partial charge in [0.15, 0.2) is 0 Å². The first-order chi connectivity index (χ1) is 16.3. The fourth-order valence-electron chi connectivity index (χ4n) is 3.54. The van der Waals surface area contributed by atoms with Gasteiger partial charge in [-0.1, -0.05) is 36.4 Å². The van der Waals surface area contributed by atoms with Gasteiger partial charge in [0.25, 0.3) is 5.91 Å². The van der Waals surface area contributed by atoms with Crippen molar-refractivity contribution in [3.63, 3.8) is 0 Å². The highest BCUT2D eigenvalue weighted by Gasteiger charge is 2.13. The molecule has 3 N–H and O–H groups in total. The summed E-state index contributed by atoms with van der Waals surface area (Å²) in [5, 5.41) is 9.95. The van der Waals surface area contributed by atoms with Gasteiger partial charge in [0.05, 0.1) is 11.5 Å². The maximum atomic E-state index is 12.8. The molecule has 0 atom stereocenters. The number of fused-ring (bicyclic) bond motifs is 1. The van der Waals surface area contributed by atoms with E-state index in [1.54, 1.807) is 18.2 Å². The molecule has 1 amide bonds. The molecular formula is C26H24N2O5S. The number of hydrogen-bond donors (Lipinski definition) is 2. The van der Waals surface area contributed by atoms with Crippen LogP contribution in [0.3, 0.4) is 0 Å². The summed E-state index contributed by atoms with van der Waals surface area (Å²) in [5.74, 6) is 1.03. The third-order valence-corrected chi connectivity index (χ3v) is 6.13. The van der Waals surface area contributed by atoms with Gasteiger partial charge in [-0.05, 0) is 60.8 Å². The van der Waals surface area contributed by atoms with E-state index < -0.39 is 10.0 Å². The molecule has 34 heavy (non-hydrogen) atoms. The Morgan fingerprint density at radius 2 is 1.62 bits per heavy atom. The lowest BCUT2D eigenvalue weighted by Gasteiger charge is -2.14. The molecule has 4 aromatic carbocycles. The number of nitrogens with two attached hydrogens (primary N) is 1. The van der Waals surface area contributed by atoms with Gasteiger partial charge in [-0.25, -0.2) is 13.6 Å². The zero-order valence-electron chi connectivity index (χ0n) is 18.5. The summed E-state index contributed by atoms with van der Waals surface area (Å²) >= 11 is 0. The molecule has 0 spiro atoms. The number of benzene rings is 4. The third kappa shape index (κ3) is 5.36. The summed E-state index contributed by atoms with van der Waals surface area (Å²) in [6, 6.07) is 24.6. The monoisotopic (exact) mass is 476 g/mol. The number of ether oxygens (including phenoxy) is 2. The van der Waals surface area contributed by atoms with Gasteiger partial charge in [0.2, 0.25) is 10.0 Å². The minimum atomic E-state index is -3.80. The minimum absolute atomic E-state index is 0.0283. The molecule has 4 aromatic rings. The van der Waals surface area contributed by atoms with E-state index >= 15 is 0 Å². The topological polar surface area (TPSA) is 108 Å². The molecule has 0 aliphatic heterocycles. The van der Waals surface area contributed by atoms with Crippen LogP contribution in [0.1, 0.15) is 22.8 Å². The summed E-state index contributed by atoms with van der Waals surface area (Å²) in [7, 11) is -3.80. The summed E-state index contributed by atoms with van der Waals surface area (Å²) < 4.78 is 34.7. The van der Waals surface area contributed by atoms with Crippen LogP contribution in [0.5, 0.6) is 11.5 Å². The molecule has 0 saturated heterocycles. The molecule has 0 aromatic heterocycles. The van der Waals surface area contributed by atoms with E-state index in [-0.39, 0.29) is 17.4 Å². The fourth-order valence-corrected chi connectivity index (χ4v) is 4.05. The lowest BCUT2D eigenvalue weighted by molar-refractivity contribution is 0.102. The molecule has 0 radical (unpaired) electrons. The quantitative estimate of drug-likeness (QED) is 0.383. The van der Waals surface area contributed by atoms with E-state index in [4.69, 9.17) is 14.6 Å². The molecule has 0 saturated carbocycles. The van der Waals surface area contributed by atoms with E-state index in [0.29, 0.717) is 23.6 Å². The van der Waals surface area contributed by atoms with E-state index in [0.717, 1.165) is 22.1 Å². The van der Waals surface area contributed by atoms with Crippen LogP contribution >= 0.6 is 0 Å². The van der Waals surface area contributed by atoms with Crippen LogP contribution in [0, 0.1) is 0 Å². The van der Waals surface area contributed by atoms with Crippen LogP contribution in [0.2, 0.25) is 0 Å². The van der Waals surface area contributed by atoms with E-state index in [2.05, 4.69) is 5.32 Å². The Balaban J connectivity index is 1.54. The van der Waals surface area contributed by atoms with Crippen molar-refractivity contribution in [2.24, 2.45) is 5.14 Å². The predicted molar refractivity (Wildman–Crippen MR) is 132 cm³/mol. The largest absolute Gasteiger partial charge is 0.493 e. The van der Waals surface area contributed by atoms with Crippen molar-refractivity contribution in [1.29, 1.82) is 0 Å². The van der Waals surface area contributed by atoms with Crippen molar-refractivity contribution in [2.45, 2.75) is 18.4 Å². The van der Waals surface area contributed by atoms with E-state index in [9.17, 15) is 13.2 Å². The first-order valence-corrected chi connectivity index (χ1v) is 12.2. The molecule has 0 unspecified atom stereocenters. The zero-order valence-corrected chi connectivity index (χ0v) is 19.3. The Morgan fingerprint density at radius 3 is 2.35 bits per heavy atom. The third-order valence-electron chi connectivity index (χ3n) is 5.20. The van der Waals surface area contributed by atoms with Gasteiger partial charge in [0.1, 0.15) is 18.1 Å². The minimum Gasteiger partial charge on any atom is -0.493 e. The van der Waals surface area contributed by atoms with Gasteiger partial charge in [-0.2, -0.15) is 0 Å². The molecule has 0 aliphatic carbocycles. The summed E-state index contributed by atoms with van der Waals surface area (Å²) in [4.78, 5) is 12.8. The number of amides is 1. The van der Waals surface area contributed by atoms with Crippen LogP contribution in [-0.4, -0.2) is 20.9 Å². The molecule has 7 nitrogen and oxygen atoms in total. The van der Waals surface area contributed by atoms with E-state index in [1.807, 2.05) is 49.4 Å². The van der Waals surface area contributed by atoms with Crippen molar-refractivity contribution in [3.8, 4) is 11.5 Å². The Bertz CT molecular complexity index is 1430. The first kappa shape index (κ1) is 23.3. The van der Waals surface area contributed by atoms with E-state index in [1.165, 1.54) is 24.3 Å². The second-order valence-corrected chi connectivity index (χ2v) is 9.11. The van der Waals surface area contributed by atoms with Crippen molar-refractivity contribution in [1.82, 2.24) is 0 Å². The SMILES string of the molecule is CCOc1ccc(C(=O)Nc2ccc(S(N)(=O)=O)cc2)cc1COc1cccc2ccccc12. The average Bonchev–Trinajstić information content (AvgIpc) is 2.83. The van der Waals surface area contributed by atoms with Crippen LogP contribution in [0.15, 0.2) is 89.8 Å². The Kier molecular flexibility index (Phi) is 6.81. The number of carbonyl (C=O) groups excluding carboxylic acids is 1. The fraction of sp³-hybridized carbons (Fsp3) is 0.115. The Morgan fingerprint density at radius 1 is 0.882 bits per heavy atom. The lowest BCUT2D eigenvalue weighted by Crippen LogP contribution is -2.14. The molecule has 0 fully saturated rings. The lowest BCUT2D eigenvalue weighted by atomic mass is 10.1. The smallest absolute Gasteiger partial charge is 0.255 e. The molecule has 8 heteroatoms. The van der Waals surface area contributed by atoms with Crippen molar-refractivity contribution in [3.05, 3.63) is 96.1 Å². The Labute approximate surface area is 198 Å². The van der Waals surface area contributed by atoms with Crippen molar-refractivity contribution >= 4 is 32.4 Å². The van der Waals surface area contributed by atoms with Crippen LogP contribution in [0.25, 0.3) is 10.8 Å². The molecule has 4 rings (SSSR count). The second-order valence-electron chi connectivity index (χ2n) is 7.54. The van der Waals surface area contributed by atoms with Crippen molar-refractivity contribution < 1.29 is 22.7 Å². The van der Waals surface area contributed by atoms with Gasteiger partial charge in [-0.15, -0.1) is 0 Å². The number of rotatable bonds is 8. The summed E-state index contributed by atoms with van der Waals surface area (Å²) in [6.45, 7) is 2.58. The molecule has 0 heterocycles. The van der Waals surface area contributed by atoms with Crippen LogP contribution in [0.4, 0.5) is 5.69 Å². The second kappa shape index (κ2) is 9.94. The first-order valence-electron chi connectivity index (χ1n) is 10.7. The number of carbonyl (C=O) groups is 1. The number of sulfonamides is 1. The number of nitrogens with one attached hydrogen (secondary N) is 1. The predicted octanol–water partition coefficient (Wildman–Crippen LogP) is 4.72. The van der Waals surface area contributed by atoms with Gasteiger partial charge < -0.3 is 14.8 Å². The average molecular weight is 477 g/mol. The maximum Gasteiger partial charge on any atom is 0.255 e. The molecule has 174 valence electrons. The van der Waals surface area contributed by atoms with Gasteiger partial charge >= 0.3 is 0 Å². The molecular weight excluding hydrogens is 452 g/mol. The number of hydrogen-bond acceptors (Lipinski definition) is 5. The zero-order chi connectivity index (χ0) is 24.1. The highest BCUT2D eigenvalue weighted by molar-refractivity contribution is 7.89. The van der Waals surface area contributed by atoms with Crippen LogP contribution in [-0.2, 0) is 16.6 Å². The molecule has 0 aliphatic rings. The standard InChI is InChI=1S/C26H24N2O5S/c1-2-32-24-15-10-19(26(29)28-21-11-13-22(14-12-21)34(27,30)31)16-20(24)17-33-25-9-5-7-18-6-3-4-8-23(18)25/h3-16H,2,17H2,1H3,(H,28,29)(H2,27,30,31). The number of primary sulfonamides is 1. The summed E-state index contributed by atoms with van der Waals surface area (Å²) in [6.07, 6.45) is 0. The Hall–Kier alpha value is -3.88. The maximum absolute atomic E-state index is 12.8. The van der Waals surface area contributed by atoms with Crippen molar-refractivity contribution in [2.75, 3.05) is 11.9 Å².